The highest BCUT2D eigenvalue weighted by Crippen LogP contribution is 2.36. The summed E-state index contributed by atoms with van der Waals surface area (Å²) in [6, 6.07) is 2.91. The van der Waals surface area contributed by atoms with Crippen molar-refractivity contribution in [2.24, 2.45) is 0 Å². The molecule has 0 aliphatic heterocycles. The summed E-state index contributed by atoms with van der Waals surface area (Å²) in [5.74, 6) is -0.759. The van der Waals surface area contributed by atoms with Gasteiger partial charge in [-0.15, -0.1) is 0 Å². The Hall–Kier alpha value is -1.32. The van der Waals surface area contributed by atoms with Crippen LogP contribution in [0.5, 0.6) is 0 Å². The van der Waals surface area contributed by atoms with Crippen molar-refractivity contribution < 1.29 is 26.4 Å². The predicted octanol–water partition coefficient (Wildman–Crippen LogP) is 3.36. The second kappa shape index (κ2) is 6.89. The molecule has 0 spiro atoms. The van der Waals surface area contributed by atoms with E-state index in [-0.39, 0.29) is 5.69 Å². The van der Waals surface area contributed by atoms with Crippen molar-refractivity contribution in [3.05, 3.63) is 28.8 Å². The van der Waals surface area contributed by atoms with Gasteiger partial charge in [-0.3, -0.25) is 4.79 Å². The molecule has 1 aromatic carbocycles. The number of alkyl halides is 3. The van der Waals surface area contributed by atoms with E-state index in [1.165, 1.54) is 6.07 Å². The number of nitrogens with one attached hydrogen (secondary N) is 1. The van der Waals surface area contributed by atoms with E-state index < -0.39 is 44.8 Å². The van der Waals surface area contributed by atoms with Crippen LogP contribution in [0.3, 0.4) is 0 Å². The van der Waals surface area contributed by atoms with Gasteiger partial charge in [0.1, 0.15) is 0 Å². The van der Waals surface area contributed by atoms with Crippen LogP contribution in [0.15, 0.2) is 18.2 Å². The van der Waals surface area contributed by atoms with Crippen molar-refractivity contribution in [1.82, 2.24) is 4.31 Å². The SMILES string of the molecule is CC(C)(C)N(CC(=O)Nc1ccc(Cl)c(C(F)(F)F)c1)S(C)(=O)=O. The summed E-state index contributed by atoms with van der Waals surface area (Å²) in [4.78, 5) is 12.0. The molecule has 136 valence electrons. The van der Waals surface area contributed by atoms with Crippen LogP contribution in [-0.2, 0) is 21.0 Å². The minimum Gasteiger partial charge on any atom is -0.325 e. The Bertz CT molecular complexity index is 728. The zero-order valence-electron chi connectivity index (χ0n) is 13.5. The minimum atomic E-state index is -4.66. The van der Waals surface area contributed by atoms with Gasteiger partial charge in [0.05, 0.1) is 23.4 Å². The number of hydrogen-bond acceptors (Lipinski definition) is 3. The molecule has 24 heavy (non-hydrogen) atoms. The lowest BCUT2D eigenvalue weighted by Gasteiger charge is -2.32. The van der Waals surface area contributed by atoms with Crippen molar-refractivity contribution in [2.45, 2.75) is 32.5 Å². The van der Waals surface area contributed by atoms with Gasteiger partial charge >= 0.3 is 6.18 Å². The molecule has 0 heterocycles. The molecule has 0 saturated heterocycles. The van der Waals surface area contributed by atoms with E-state index in [1.54, 1.807) is 20.8 Å². The fourth-order valence-electron chi connectivity index (χ4n) is 2.00. The highest BCUT2D eigenvalue weighted by atomic mass is 35.5. The van der Waals surface area contributed by atoms with Crippen LogP contribution in [0.4, 0.5) is 18.9 Å². The number of carbonyl (C=O) groups is 1. The molecule has 0 unspecified atom stereocenters. The third-order valence-corrected chi connectivity index (χ3v) is 4.80. The average molecular weight is 387 g/mol. The fraction of sp³-hybridized carbons (Fsp3) is 0.500. The molecule has 0 aliphatic carbocycles. The minimum absolute atomic E-state index is 0.126. The van der Waals surface area contributed by atoms with Crippen LogP contribution >= 0.6 is 11.6 Å². The standard InChI is InChI=1S/C14H18ClF3N2O3S/c1-13(2,3)20(24(4,22)23)8-12(21)19-9-5-6-11(15)10(7-9)14(16,17)18/h5-7H,8H2,1-4H3,(H,19,21). The van der Waals surface area contributed by atoms with Gasteiger partial charge in [0.2, 0.25) is 15.9 Å². The van der Waals surface area contributed by atoms with E-state index in [4.69, 9.17) is 11.6 Å². The maximum absolute atomic E-state index is 12.8. The Kier molecular flexibility index (Phi) is 5.95. The van der Waals surface area contributed by atoms with E-state index in [0.717, 1.165) is 16.6 Å². The highest BCUT2D eigenvalue weighted by Gasteiger charge is 2.34. The Morgan fingerprint density at radius 1 is 1.25 bits per heavy atom. The molecule has 0 atom stereocenters. The van der Waals surface area contributed by atoms with Gasteiger partial charge in [-0.05, 0) is 39.0 Å². The molecule has 0 aromatic heterocycles. The molecule has 1 N–H and O–H groups in total. The van der Waals surface area contributed by atoms with E-state index >= 15 is 0 Å². The molecule has 5 nitrogen and oxygen atoms in total. The molecule has 0 bridgehead atoms. The van der Waals surface area contributed by atoms with Gasteiger partial charge in [-0.25, -0.2) is 8.42 Å². The van der Waals surface area contributed by atoms with Crippen molar-refractivity contribution in [3.8, 4) is 0 Å². The number of benzene rings is 1. The van der Waals surface area contributed by atoms with Crippen LogP contribution in [-0.4, -0.2) is 37.0 Å². The zero-order valence-corrected chi connectivity index (χ0v) is 15.1. The van der Waals surface area contributed by atoms with Crippen LogP contribution in [0.25, 0.3) is 0 Å². The van der Waals surface area contributed by atoms with Gasteiger partial charge in [0.25, 0.3) is 0 Å². The molecule has 0 fully saturated rings. The number of nitrogens with zero attached hydrogens (tertiary/aromatic N) is 1. The van der Waals surface area contributed by atoms with Gasteiger partial charge in [0.15, 0.2) is 0 Å². The van der Waals surface area contributed by atoms with E-state index in [2.05, 4.69) is 5.32 Å². The number of amides is 1. The Labute approximate surface area is 143 Å². The van der Waals surface area contributed by atoms with Crippen molar-refractivity contribution in [3.63, 3.8) is 0 Å². The molecule has 1 rings (SSSR count). The molecule has 1 aromatic rings. The Balaban J connectivity index is 3.00. The van der Waals surface area contributed by atoms with Crippen molar-refractivity contribution in [2.75, 3.05) is 18.1 Å². The summed E-state index contributed by atoms with van der Waals surface area (Å²) in [5, 5.41) is 1.76. The van der Waals surface area contributed by atoms with Crippen molar-refractivity contribution in [1.29, 1.82) is 0 Å². The first-order valence-corrected chi connectivity index (χ1v) is 8.99. The maximum atomic E-state index is 12.8. The number of rotatable bonds is 4. The quantitative estimate of drug-likeness (QED) is 0.862. The highest BCUT2D eigenvalue weighted by molar-refractivity contribution is 7.88. The summed E-state index contributed by atoms with van der Waals surface area (Å²) >= 11 is 5.50. The number of halogens is 4. The summed E-state index contributed by atoms with van der Waals surface area (Å²) in [7, 11) is -3.68. The molecular formula is C14H18ClF3N2O3S. The molecule has 0 radical (unpaired) electrons. The van der Waals surface area contributed by atoms with Crippen LogP contribution < -0.4 is 5.32 Å². The molecule has 0 aliphatic rings. The summed E-state index contributed by atoms with van der Waals surface area (Å²) < 4.78 is 62.9. The number of hydrogen-bond donors (Lipinski definition) is 1. The summed E-state index contributed by atoms with van der Waals surface area (Å²) in [6.07, 6.45) is -3.71. The molecule has 1 amide bonds. The van der Waals surface area contributed by atoms with Gasteiger partial charge < -0.3 is 5.32 Å². The number of anilines is 1. The van der Waals surface area contributed by atoms with Gasteiger partial charge in [0, 0.05) is 11.2 Å². The fourth-order valence-corrected chi connectivity index (χ4v) is 3.57. The second-order valence-corrected chi connectivity index (χ2v) is 8.50. The number of carbonyl (C=O) groups excluding carboxylic acids is 1. The van der Waals surface area contributed by atoms with E-state index in [9.17, 15) is 26.4 Å². The zero-order chi connectivity index (χ0) is 18.9. The largest absolute Gasteiger partial charge is 0.417 e. The third kappa shape index (κ3) is 5.64. The third-order valence-electron chi connectivity index (χ3n) is 2.99. The molecule has 0 saturated carbocycles. The predicted molar refractivity (Wildman–Crippen MR) is 86.4 cm³/mol. The monoisotopic (exact) mass is 386 g/mol. The maximum Gasteiger partial charge on any atom is 0.417 e. The van der Waals surface area contributed by atoms with E-state index in [1.807, 2.05) is 0 Å². The lowest BCUT2D eigenvalue weighted by molar-refractivity contribution is -0.137. The normalized spacial score (nSPS) is 13.2. The Morgan fingerprint density at radius 2 is 1.79 bits per heavy atom. The topological polar surface area (TPSA) is 66.5 Å². The van der Waals surface area contributed by atoms with Crippen molar-refractivity contribution >= 4 is 33.2 Å². The summed E-state index contributed by atoms with van der Waals surface area (Å²) in [5.41, 5.74) is -2.07. The lowest BCUT2D eigenvalue weighted by Crippen LogP contribution is -2.48. The van der Waals surface area contributed by atoms with Crippen LogP contribution in [0.1, 0.15) is 26.3 Å². The molecule has 10 heteroatoms. The first-order chi connectivity index (χ1) is 10.6. The Morgan fingerprint density at radius 3 is 2.21 bits per heavy atom. The van der Waals surface area contributed by atoms with Crippen LogP contribution in [0, 0.1) is 0 Å². The number of sulfonamides is 1. The first kappa shape index (κ1) is 20.7. The smallest absolute Gasteiger partial charge is 0.325 e. The molecular weight excluding hydrogens is 369 g/mol. The van der Waals surface area contributed by atoms with E-state index in [0.29, 0.717) is 6.07 Å². The lowest BCUT2D eigenvalue weighted by atomic mass is 10.1. The first-order valence-electron chi connectivity index (χ1n) is 6.77. The second-order valence-electron chi connectivity index (χ2n) is 6.18. The van der Waals surface area contributed by atoms with Gasteiger partial charge in [-0.2, -0.15) is 17.5 Å². The van der Waals surface area contributed by atoms with Crippen LogP contribution in [0.2, 0.25) is 5.02 Å². The average Bonchev–Trinajstić information content (AvgIpc) is 2.34. The van der Waals surface area contributed by atoms with Gasteiger partial charge in [-0.1, -0.05) is 11.6 Å². The summed E-state index contributed by atoms with van der Waals surface area (Å²) in [6.45, 7) is 4.29.